The molecule has 72 valence electrons. The van der Waals surface area contributed by atoms with Crippen molar-refractivity contribution >= 4 is 17.5 Å². The van der Waals surface area contributed by atoms with Gasteiger partial charge < -0.3 is 9.47 Å². The van der Waals surface area contributed by atoms with Crippen molar-refractivity contribution in [3.8, 4) is 0 Å². The van der Waals surface area contributed by atoms with Crippen molar-refractivity contribution in [1.82, 2.24) is 0 Å². The Morgan fingerprint density at radius 2 is 1.85 bits per heavy atom. The van der Waals surface area contributed by atoms with Crippen LogP contribution in [0.2, 0.25) is 0 Å². The number of Topliss-reactive ketones (excluding diaryl/α,β-unsaturated/α-hetero) is 2. The fourth-order valence-corrected chi connectivity index (χ4v) is 0.599. The number of rotatable bonds is 6. The summed E-state index contributed by atoms with van der Waals surface area (Å²) in [5.41, 5.74) is 0. The predicted octanol–water partition coefficient (Wildman–Crippen LogP) is -0.237. The summed E-state index contributed by atoms with van der Waals surface area (Å²) in [6.45, 7) is 0.456. The van der Waals surface area contributed by atoms with Crippen molar-refractivity contribution < 1.29 is 23.9 Å². The van der Waals surface area contributed by atoms with Crippen LogP contribution in [0.5, 0.6) is 0 Å². The Hall–Kier alpha value is -1.23. The maximum absolute atomic E-state index is 10.8. The average molecular weight is 186 g/mol. The second-order valence-corrected chi connectivity index (χ2v) is 2.39. The van der Waals surface area contributed by atoms with E-state index in [-0.39, 0.29) is 12.2 Å². The summed E-state index contributed by atoms with van der Waals surface area (Å²) in [4.78, 5) is 31.8. The smallest absolute Gasteiger partial charge is 0.332 e. The topological polar surface area (TPSA) is 69.7 Å². The highest BCUT2D eigenvalue weighted by Gasteiger charge is 2.08. The molecule has 0 aliphatic heterocycles. The van der Waals surface area contributed by atoms with E-state index in [9.17, 15) is 14.4 Å². The quantitative estimate of drug-likeness (QED) is 0.423. The molecule has 5 heteroatoms. The molecule has 13 heavy (non-hydrogen) atoms. The van der Waals surface area contributed by atoms with E-state index in [1.54, 1.807) is 0 Å². The summed E-state index contributed by atoms with van der Waals surface area (Å²) in [6.07, 6.45) is -0.225. The highest BCUT2D eigenvalue weighted by atomic mass is 16.6. The van der Waals surface area contributed by atoms with Gasteiger partial charge in [0.05, 0.1) is 6.42 Å². The van der Waals surface area contributed by atoms with Gasteiger partial charge in [0, 0.05) is 0 Å². The van der Waals surface area contributed by atoms with E-state index >= 15 is 0 Å². The van der Waals surface area contributed by atoms with E-state index in [0.717, 1.165) is 0 Å². The Morgan fingerprint density at radius 1 is 1.23 bits per heavy atom. The molecule has 5 nitrogen and oxygen atoms in total. The van der Waals surface area contributed by atoms with E-state index in [2.05, 4.69) is 16.6 Å². The molecule has 0 aromatic carbocycles. The fourth-order valence-electron chi connectivity index (χ4n) is 0.599. The number of carbonyl (C=O) groups excluding carboxylic acids is 3. The zero-order chi connectivity index (χ0) is 10.3. The van der Waals surface area contributed by atoms with Crippen LogP contribution >= 0.6 is 0 Å². The van der Waals surface area contributed by atoms with E-state index in [4.69, 9.17) is 0 Å². The second kappa shape index (κ2) is 6.30. The van der Waals surface area contributed by atoms with Gasteiger partial charge in [-0.25, -0.2) is 4.79 Å². The molecule has 0 amide bonds. The third kappa shape index (κ3) is 7.14. The number of esters is 1. The predicted molar refractivity (Wildman–Crippen MR) is 41.5 cm³/mol. The van der Waals surface area contributed by atoms with Gasteiger partial charge >= 0.3 is 5.97 Å². The molecule has 0 fully saturated rings. The molecule has 0 aromatic rings. The lowest BCUT2D eigenvalue weighted by atomic mass is 10.2. The lowest BCUT2D eigenvalue weighted by molar-refractivity contribution is -0.151. The highest BCUT2D eigenvalue weighted by Crippen LogP contribution is 1.88. The van der Waals surface area contributed by atoms with Crippen LogP contribution in [0.1, 0.15) is 13.3 Å². The van der Waals surface area contributed by atoms with E-state index < -0.39 is 25.0 Å². The van der Waals surface area contributed by atoms with Crippen molar-refractivity contribution in [3.63, 3.8) is 0 Å². The first-order chi connectivity index (χ1) is 6.06. The SMILES string of the molecule is [CH]OCC(=O)OCC(=O)CC(C)=O. The molecule has 0 saturated carbocycles. The van der Waals surface area contributed by atoms with Gasteiger partial charge in [-0.05, 0) is 6.92 Å². The van der Waals surface area contributed by atoms with Gasteiger partial charge in [0.2, 0.25) is 0 Å². The molecule has 0 saturated heterocycles. The summed E-state index contributed by atoms with van der Waals surface area (Å²) in [6, 6.07) is 0. The summed E-state index contributed by atoms with van der Waals surface area (Å²) in [5.74, 6) is -1.45. The van der Waals surface area contributed by atoms with E-state index in [1.807, 2.05) is 0 Å². The summed E-state index contributed by atoms with van der Waals surface area (Å²) < 4.78 is 8.36. The molecule has 0 rings (SSSR count). The third-order valence-electron chi connectivity index (χ3n) is 1.04. The minimum absolute atomic E-state index is 0.225. The number of ether oxygens (including phenoxy) is 2. The minimum atomic E-state index is -0.737. The highest BCUT2D eigenvalue weighted by molar-refractivity contribution is 5.99. The molecular formula is C8H10O5. The van der Waals surface area contributed by atoms with Crippen LogP contribution < -0.4 is 0 Å². The monoisotopic (exact) mass is 186 g/mol. The van der Waals surface area contributed by atoms with Crippen LogP contribution in [0.25, 0.3) is 0 Å². The van der Waals surface area contributed by atoms with Crippen molar-refractivity contribution in [2.75, 3.05) is 13.2 Å². The first-order valence-corrected chi connectivity index (χ1v) is 3.54. The largest absolute Gasteiger partial charge is 0.456 e. The van der Waals surface area contributed by atoms with Gasteiger partial charge in [0.15, 0.2) is 12.4 Å². The lowest BCUT2D eigenvalue weighted by Gasteiger charge is -2.01. The first-order valence-electron chi connectivity index (χ1n) is 3.54. The number of carbonyl (C=O) groups is 3. The molecule has 0 aromatic heterocycles. The molecule has 0 spiro atoms. The lowest BCUT2D eigenvalue weighted by Crippen LogP contribution is -2.18. The number of hydrogen-bond donors (Lipinski definition) is 0. The van der Waals surface area contributed by atoms with Gasteiger partial charge in [-0.2, -0.15) is 0 Å². The third-order valence-corrected chi connectivity index (χ3v) is 1.04. The molecule has 0 aliphatic rings. The Balaban J connectivity index is 3.58. The van der Waals surface area contributed by atoms with Gasteiger partial charge in [-0.15, -0.1) is 0 Å². The van der Waals surface area contributed by atoms with Crippen LogP contribution in [0, 0.1) is 7.11 Å². The Bertz CT molecular complexity index is 209. The van der Waals surface area contributed by atoms with Gasteiger partial charge in [-0.1, -0.05) is 0 Å². The summed E-state index contributed by atoms with van der Waals surface area (Å²) >= 11 is 0. The Morgan fingerprint density at radius 3 is 2.31 bits per heavy atom. The van der Waals surface area contributed by atoms with E-state index in [1.165, 1.54) is 6.92 Å². The molecular weight excluding hydrogens is 176 g/mol. The first kappa shape index (κ1) is 11.8. The van der Waals surface area contributed by atoms with Gasteiger partial charge in [0.25, 0.3) is 0 Å². The van der Waals surface area contributed by atoms with Crippen molar-refractivity contribution in [2.45, 2.75) is 13.3 Å². The normalized spacial score (nSPS) is 9.38. The van der Waals surface area contributed by atoms with Gasteiger partial charge in [-0.3, -0.25) is 9.59 Å². The van der Waals surface area contributed by atoms with Crippen LogP contribution in [0.4, 0.5) is 0 Å². The Labute approximate surface area is 76.0 Å². The molecule has 0 N–H and O–H groups in total. The summed E-state index contributed by atoms with van der Waals surface area (Å²) in [5, 5.41) is 0. The fraction of sp³-hybridized carbons (Fsp3) is 0.500. The second-order valence-electron chi connectivity index (χ2n) is 2.39. The number of ketones is 2. The van der Waals surface area contributed by atoms with Crippen LogP contribution in [-0.4, -0.2) is 30.7 Å². The van der Waals surface area contributed by atoms with Gasteiger partial charge in [0.1, 0.15) is 19.5 Å². The average Bonchev–Trinajstić information content (AvgIpc) is 2.00. The zero-order valence-electron chi connectivity index (χ0n) is 7.24. The molecule has 0 atom stereocenters. The summed E-state index contributed by atoms with van der Waals surface area (Å²) in [7, 11) is 4.58. The van der Waals surface area contributed by atoms with E-state index in [0.29, 0.717) is 0 Å². The van der Waals surface area contributed by atoms with Crippen molar-refractivity contribution in [1.29, 1.82) is 0 Å². The molecule has 2 radical (unpaired) electrons. The number of hydrogen-bond acceptors (Lipinski definition) is 5. The molecule has 0 bridgehead atoms. The minimum Gasteiger partial charge on any atom is -0.456 e. The Kier molecular flexibility index (Phi) is 5.71. The maximum atomic E-state index is 10.8. The zero-order valence-corrected chi connectivity index (χ0v) is 7.24. The van der Waals surface area contributed by atoms with Crippen LogP contribution in [0.15, 0.2) is 0 Å². The maximum Gasteiger partial charge on any atom is 0.332 e. The van der Waals surface area contributed by atoms with Crippen LogP contribution in [0.3, 0.4) is 0 Å². The van der Waals surface area contributed by atoms with Crippen molar-refractivity contribution in [3.05, 3.63) is 7.11 Å². The molecule has 0 heterocycles. The standard InChI is InChI=1S/C8H10O5/c1-6(9)3-7(10)4-13-8(11)5-12-2/h2H,3-5H2,1H3. The van der Waals surface area contributed by atoms with Crippen molar-refractivity contribution in [2.24, 2.45) is 0 Å². The molecule has 0 aliphatic carbocycles. The van der Waals surface area contributed by atoms with Crippen LogP contribution in [-0.2, 0) is 23.9 Å². The molecule has 0 unspecified atom stereocenters.